The maximum atomic E-state index is 10.5. The summed E-state index contributed by atoms with van der Waals surface area (Å²) in [6.45, 7) is -1.05. The van der Waals surface area contributed by atoms with E-state index in [1.165, 1.54) is 7.11 Å². The fourth-order valence-corrected chi connectivity index (χ4v) is 4.73. The Kier molecular flexibility index (Phi) is 8.27. The minimum atomic E-state index is -1.51. The number of methoxy groups -OCH3 is 1. The van der Waals surface area contributed by atoms with Crippen LogP contribution < -0.4 is 4.74 Å². The molecule has 198 valence electrons. The van der Waals surface area contributed by atoms with E-state index in [9.17, 15) is 40.9 Å². The summed E-state index contributed by atoms with van der Waals surface area (Å²) in [6, 6.07) is 12.0. The largest absolute Gasteiger partial charge is 0.496 e. The van der Waals surface area contributed by atoms with Gasteiger partial charge in [0.25, 0.3) is 0 Å². The molecule has 10 unspecified atom stereocenters. The second kappa shape index (κ2) is 11.1. The van der Waals surface area contributed by atoms with Crippen LogP contribution in [-0.2, 0) is 9.47 Å². The highest BCUT2D eigenvalue weighted by Gasteiger charge is 2.45. The Labute approximate surface area is 207 Å². The Balaban J connectivity index is 1.58. The first-order valence-corrected chi connectivity index (χ1v) is 11.6. The highest BCUT2D eigenvalue weighted by molar-refractivity contribution is 5.66. The normalized spacial score (nSPS) is 37.0. The molecule has 2 fully saturated rings. The van der Waals surface area contributed by atoms with Crippen molar-refractivity contribution in [2.24, 2.45) is 0 Å². The molecule has 10 atom stereocenters. The van der Waals surface area contributed by atoms with Crippen molar-refractivity contribution < 1.29 is 55.1 Å². The lowest BCUT2D eigenvalue weighted by molar-refractivity contribution is -0.232. The Morgan fingerprint density at radius 1 is 0.639 bits per heavy atom. The van der Waals surface area contributed by atoms with Crippen molar-refractivity contribution in [3.63, 3.8) is 0 Å². The van der Waals surface area contributed by atoms with Crippen LogP contribution in [0, 0.1) is 0 Å². The predicted octanol–water partition coefficient (Wildman–Crippen LogP) is -1.61. The van der Waals surface area contributed by atoms with Gasteiger partial charge < -0.3 is 55.1 Å². The van der Waals surface area contributed by atoms with Gasteiger partial charge in [-0.25, -0.2) is 0 Å². The first-order chi connectivity index (χ1) is 17.2. The molecule has 2 aromatic rings. The summed E-state index contributed by atoms with van der Waals surface area (Å²) in [6.07, 6.45) is -12.8. The second-order valence-electron chi connectivity index (χ2n) is 9.08. The number of hydrogen-bond donors (Lipinski definition) is 8. The number of aliphatic hydroxyl groups is 8. The quantitative estimate of drug-likeness (QED) is 0.224. The summed E-state index contributed by atoms with van der Waals surface area (Å²) in [5.41, 5.74) is 2.47. The molecule has 0 spiro atoms. The van der Waals surface area contributed by atoms with Gasteiger partial charge in [0.05, 0.1) is 20.3 Å². The van der Waals surface area contributed by atoms with Crippen LogP contribution in [0.1, 0.15) is 23.3 Å². The first kappa shape index (κ1) is 26.9. The smallest absolute Gasteiger partial charge is 0.125 e. The van der Waals surface area contributed by atoms with Gasteiger partial charge in [-0.15, -0.1) is 0 Å². The van der Waals surface area contributed by atoms with Crippen molar-refractivity contribution in [1.29, 1.82) is 0 Å². The lowest BCUT2D eigenvalue weighted by Gasteiger charge is -2.40. The third-order valence-electron chi connectivity index (χ3n) is 6.90. The third-order valence-corrected chi connectivity index (χ3v) is 6.90. The van der Waals surface area contributed by atoms with E-state index in [4.69, 9.17) is 14.2 Å². The van der Waals surface area contributed by atoms with Crippen LogP contribution >= 0.6 is 0 Å². The Bertz CT molecular complexity index is 1010. The molecule has 0 saturated carbocycles. The molecular weight excluding hydrogens is 476 g/mol. The van der Waals surface area contributed by atoms with Gasteiger partial charge in [-0.2, -0.15) is 0 Å². The highest BCUT2D eigenvalue weighted by atomic mass is 16.6. The van der Waals surface area contributed by atoms with Crippen LogP contribution in [-0.4, -0.2) is 110 Å². The van der Waals surface area contributed by atoms with Crippen molar-refractivity contribution in [2.45, 2.75) is 61.0 Å². The second-order valence-corrected chi connectivity index (χ2v) is 9.08. The molecule has 0 aliphatic carbocycles. The van der Waals surface area contributed by atoms with Crippen LogP contribution in [0.15, 0.2) is 42.5 Å². The molecule has 4 rings (SSSR count). The van der Waals surface area contributed by atoms with Gasteiger partial charge in [-0.1, -0.05) is 36.4 Å². The molecule has 0 bridgehead atoms. The van der Waals surface area contributed by atoms with Crippen LogP contribution in [0.25, 0.3) is 11.1 Å². The number of benzene rings is 2. The predicted molar refractivity (Wildman–Crippen MR) is 124 cm³/mol. The fraction of sp³-hybridized carbons (Fsp3) is 0.520. The number of rotatable bonds is 6. The maximum Gasteiger partial charge on any atom is 0.125 e. The summed E-state index contributed by atoms with van der Waals surface area (Å²) >= 11 is 0. The van der Waals surface area contributed by atoms with Gasteiger partial charge in [-0.05, 0) is 22.8 Å². The molecule has 11 nitrogen and oxygen atoms in total. The Morgan fingerprint density at radius 2 is 1.14 bits per heavy atom. The zero-order chi connectivity index (χ0) is 26.1. The van der Waals surface area contributed by atoms with E-state index in [-0.39, 0.29) is 0 Å². The van der Waals surface area contributed by atoms with Gasteiger partial charge in [0, 0.05) is 5.56 Å². The van der Waals surface area contributed by atoms with E-state index in [0.29, 0.717) is 16.9 Å². The number of aliphatic hydroxyl groups excluding tert-OH is 8. The van der Waals surface area contributed by atoms with E-state index >= 15 is 0 Å². The molecule has 2 aliphatic heterocycles. The molecule has 2 saturated heterocycles. The standard InChI is InChI=1S/C25H32O11/c1-34-15-8-13(6-7-14(15)25-23(33)21(31)19(29)17(10-27)36-25)11-2-4-12(5-3-11)24-22(32)20(30)18(28)16(9-26)35-24/h2-8,16-33H,9-10H2,1H3. The zero-order valence-electron chi connectivity index (χ0n) is 19.5. The SMILES string of the molecule is COc1cc(-c2ccc(C3OC(CO)C(O)C(O)C3O)cc2)ccc1C1OC(CO)C(O)C(O)C1O. The van der Waals surface area contributed by atoms with Crippen LogP contribution in [0.5, 0.6) is 5.75 Å². The van der Waals surface area contributed by atoms with Gasteiger partial charge in [0.2, 0.25) is 0 Å². The molecule has 0 amide bonds. The topological polar surface area (TPSA) is 190 Å². The van der Waals surface area contributed by atoms with E-state index in [0.717, 1.165) is 11.1 Å². The Hall–Kier alpha value is -2.16. The summed E-state index contributed by atoms with van der Waals surface area (Å²) in [7, 11) is 1.44. The first-order valence-electron chi connectivity index (χ1n) is 11.6. The molecule has 8 N–H and O–H groups in total. The van der Waals surface area contributed by atoms with Crippen molar-refractivity contribution in [1.82, 2.24) is 0 Å². The van der Waals surface area contributed by atoms with E-state index in [1.807, 2.05) is 0 Å². The summed E-state index contributed by atoms with van der Waals surface area (Å²) in [5, 5.41) is 79.9. The third kappa shape index (κ3) is 4.87. The molecule has 2 aromatic carbocycles. The van der Waals surface area contributed by atoms with Crippen molar-refractivity contribution in [2.75, 3.05) is 20.3 Å². The lowest BCUT2D eigenvalue weighted by Crippen LogP contribution is -2.55. The molecule has 11 heteroatoms. The van der Waals surface area contributed by atoms with Crippen molar-refractivity contribution in [3.8, 4) is 16.9 Å². The highest BCUT2D eigenvalue weighted by Crippen LogP contribution is 2.39. The summed E-state index contributed by atoms with van der Waals surface area (Å²) < 4.78 is 16.7. The zero-order valence-corrected chi connectivity index (χ0v) is 19.5. The molecule has 0 aromatic heterocycles. The van der Waals surface area contributed by atoms with E-state index < -0.39 is 74.3 Å². The summed E-state index contributed by atoms with van der Waals surface area (Å²) in [5.74, 6) is 0.356. The minimum absolute atomic E-state index is 0.356. The number of hydrogen-bond acceptors (Lipinski definition) is 11. The lowest BCUT2D eigenvalue weighted by atomic mass is 9.89. The van der Waals surface area contributed by atoms with Crippen molar-refractivity contribution >= 4 is 0 Å². The molecular formula is C25H32O11. The average Bonchev–Trinajstić information content (AvgIpc) is 2.91. The monoisotopic (exact) mass is 508 g/mol. The van der Waals surface area contributed by atoms with Crippen LogP contribution in [0.3, 0.4) is 0 Å². The van der Waals surface area contributed by atoms with Crippen LogP contribution in [0.4, 0.5) is 0 Å². The van der Waals surface area contributed by atoms with Crippen LogP contribution in [0.2, 0.25) is 0 Å². The van der Waals surface area contributed by atoms with Gasteiger partial charge in [0.1, 0.15) is 66.8 Å². The number of ether oxygens (including phenoxy) is 3. The fourth-order valence-electron chi connectivity index (χ4n) is 4.73. The maximum absolute atomic E-state index is 10.5. The van der Waals surface area contributed by atoms with Gasteiger partial charge in [0.15, 0.2) is 0 Å². The minimum Gasteiger partial charge on any atom is -0.496 e. The molecule has 0 radical (unpaired) electrons. The average molecular weight is 509 g/mol. The van der Waals surface area contributed by atoms with Crippen molar-refractivity contribution in [3.05, 3.63) is 53.6 Å². The molecule has 2 heterocycles. The van der Waals surface area contributed by atoms with E-state index in [2.05, 4.69) is 0 Å². The molecule has 36 heavy (non-hydrogen) atoms. The van der Waals surface area contributed by atoms with Gasteiger partial charge in [-0.3, -0.25) is 0 Å². The summed E-state index contributed by atoms with van der Waals surface area (Å²) in [4.78, 5) is 0. The van der Waals surface area contributed by atoms with Gasteiger partial charge >= 0.3 is 0 Å². The Morgan fingerprint density at radius 3 is 1.67 bits per heavy atom. The van der Waals surface area contributed by atoms with E-state index in [1.54, 1.807) is 42.5 Å². The molecule has 2 aliphatic rings.